The minimum Gasteiger partial charge on any atom is -0.399 e. The normalized spacial score (nSPS) is 20.4. The number of hydrogen-bond acceptors (Lipinski definition) is 3. The topological polar surface area (TPSA) is 42.2 Å². The second-order valence-electron chi connectivity index (χ2n) is 7.10. The zero-order chi connectivity index (χ0) is 16.1. The molecule has 5 heteroatoms. The van der Waals surface area contributed by atoms with Crippen LogP contribution in [-0.4, -0.2) is 18.3 Å². The average molecular weight is 289 g/mol. The molecule has 1 aliphatic heterocycles. The van der Waals surface area contributed by atoms with Crippen molar-refractivity contribution in [2.75, 3.05) is 0 Å². The van der Waals surface area contributed by atoms with Crippen LogP contribution in [0.15, 0.2) is 18.2 Å². The summed E-state index contributed by atoms with van der Waals surface area (Å²) in [6.07, 6.45) is 0. The third kappa shape index (κ3) is 2.83. The van der Waals surface area contributed by atoms with Crippen LogP contribution in [0.2, 0.25) is 0 Å². The first-order valence-corrected chi connectivity index (χ1v) is 7.06. The molecule has 2 rings (SSSR count). The van der Waals surface area contributed by atoms with Crippen molar-refractivity contribution >= 4 is 12.6 Å². The van der Waals surface area contributed by atoms with Crippen LogP contribution in [0.1, 0.15) is 47.1 Å². The zero-order valence-electron chi connectivity index (χ0n) is 13.5. The van der Waals surface area contributed by atoms with E-state index in [4.69, 9.17) is 9.31 Å². The number of halogens is 1. The first-order valence-electron chi connectivity index (χ1n) is 7.06. The summed E-state index contributed by atoms with van der Waals surface area (Å²) >= 11 is 0. The van der Waals surface area contributed by atoms with Crippen LogP contribution in [0.4, 0.5) is 4.39 Å². The Kier molecular flexibility index (Phi) is 3.68. The number of hydrogen-bond donors (Lipinski definition) is 0. The second kappa shape index (κ2) is 4.83. The van der Waals surface area contributed by atoms with Crippen molar-refractivity contribution in [2.24, 2.45) is 0 Å². The Balaban J connectivity index is 2.42. The molecular formula is C16H21BFNO2. The van der Waals surface area contributed by atoms with E-state index in [9.17, 15) is 9.65 Å². The Bertz CT molecular complexity index is 589. The summed E-state index contributed by atoms with van der Waals surface area (Å²) in [6.45, 7) is 11.3. The monoisotopic (exact) mass is 289 g/mol. The summed E-state index contributed by atoms with van der Waals surface area (Å²) in [7, 11) is -0.626. The predicted molar refractivity (Wildman–Crippen MR) is 80.8 cm³/mol. The molecular weight excluding hydrogens is 268 g/mol. The molecule has 0 radical (unpaired) electrons. The van der Waals surface area contributed by atoms with E-state index in [1.54, 1.807) is 19.9 Å². The molecule has 0 unspecified atom stereocenters. The molecule has 1 fully saturated rings. The summed E-state index contributed by atoms with van der Waals surface area (Å²) in [5.41, 5.74) is -0.494. The van der Waals surface area contributed by atoms with Gasteiger partial charge < -0.3 is 9.31 Å². The molecule has 0 N–H and O–H groups in total. The van der Waals surface area contributed by atoms with Gasteiger partial charge >= 0.3 is 7.12 Å². The molecule has 112 valence electrons. The Labute approximate surface area is 126 Å². The first-order chi connectivity index (χ1) is 9.48. The highest BCUT2D eigenvalue weighted by Gasteiger charge is 2.51. The molecule has 1 aliphatic rings. The van der Waals surface area contributed by atoms with Gasteiger partial charge in [-0.25, -0.2) is 4.39 Å². The van der Waals surface area contributed by atoms with Gasteiger partial charge in [0, 0.05) is 0 Å². The molecule has 1 saturated heterocycles. The average Bonchev–Trinajstić information content (AvgIpc) is 2.58. The van der Waals surface area contributed by atoms with Crippen molar-refractivity contribution in [1.29, 1.82) is 5.26 Å². The second-order valence-corrected chi connectivity index (χ2v) is 7.10. The summed E-state index contributed by atoms with van der Waals surface area (Å²) in [5, 5.41) is 9.23. The quantitative estimate of drug-likeness (QED) is 0.786. The van der Waals surface area contributed by atoms with E-state index >= 15 is 0 Å². The van der Waals surface area contributed by atoms with Crippen molar-refractivity contribution in [2.45, 2.75) is 58.2 Å². The van der Waals surface area contributed by atoms with Gasteiger partial charge in [-0.05, 0) is 64.7 Å². The van der Waals surface area contributed by atoms with Crippen molar-refractivity contribution < 1.29 is 13.7 Å². The molecule has 0 aromatic heterocycles. The number of rotatable bonds is 2. The van der Waals surface area contributed by atoms with E-state index in [1.165, 1.54) is 12.1 Å². The van der Waals surface area contributed by atoms with E-state index < -0.39 is 23.7 Å². The fourth-order valence-corrected chi connectivity index (χ4v) is 2.15. The minimum absolute atomic E-state index is 0.388. The van der Waals surface area contributed by atoms with Gasteiger partial charge in [-0.3, -0.25) is 0 Å². The molecule has 21 heavy (non-hydrogen) atoms. The van der Waals surface area contributed by atoms with E-state index in [0.29, 0.717) is 11.0 Å². The maximum atomic E-state index is 13.9. The molecule has 0 spiro atoms. The Morgan fingerprint density at radius 2 is 1.62 bits per heavy atom. The van der Waals surface area contributed by atoms with Crippen LogP contribution in [0.3, 0.4) is 0 Å². The molecule has 1 aromatic rings. The Hall–Kier alpha value is -1.38. The lowest BCUT2D eigenvalue weighted by molar-refractivity contribution is 0.00578. The van der Waals surface area contributed by atoms with E-state index in [0.717, 1.165) is 0 Å². The van der Waals surface area contributed by atoms with Gasteiger partial charge in [0.2, 0.25) is 0 Å². The van der Waals surface area contributed by atoms with Crippen LogP contribution in [0, 0.1) is 17.1 Å². The summed E-state index contributed by atoms with van der Waals surface area (Å²) in [4.78, 5) is 0. The van der Waals surface area contributed by atoms with Crippen molar-refractivity contribution in [3.8, 4) is 6.07 Å². The van der Waals surface area contributed by atoms with E-state index in [1.807, 2.05) is 27.7 Å². The highest BCUT2D eigenvalue weighted by Crippen LogP contribution is 2.36. The van der Waals surface area contributed by atoms with Gasteiger partial charge in [0.1, 0.15) is 5.82 Å². The fourth-order valence-electron chi connectivity index (χ4n) is 2.15. The summed E-state index contributed by atoms with van der Waals surface area (Å²) in [5.74, 6) is -0.388. The van der Waals surface area contributed by atoms with Gasteiger partial charge in [0.15, 0.2) is 0 Å². The highest BCUT2D eigenvalue weighted by atomic mass is 19.1. The minimum atomic E-state index is -0.763. The predicted octanol–water partition coefficient (Wildman–Crippen LogP) is 2.93. The van der Waals surface area contributed by atoms with E-state index in [2.05, 4.69) is 6.07 Å². The van der Waals surface area contributed by atoms with Crippen LogP contribution >= 0.6 is 0 Å². The van der Waals surface area contributed by atoms with Crippen LogP contribution < -0.4 is 5.46 Å². The molecule has 0 atom stereocenters. The lowest BCUT2D eigenvalue weighted by Crippen LogP contribution is -2.41. The number of nitriles is 1. The van der Waals surface area contributed by atoms with Gasteiger partial charge in [0.25, 0.3) is 0 Å². The lowest BCUT2D eigenvalue weighted by Gasteiger charge is -2.32. The molecule has 0 saturated carbocycles. The van der Waals surface area contributed by atoms with Crippen molar-refractivity contribution in [3.63, 3.8) is 0 Å². The van der Waals surface area contributed by atoms with Crippen LogP contribution in [0.25, 0.3) is 0 Å². The Morgan fingerprint density at radius 1 is 1.10 bits per heavy atom. The van der Waals surface area contributed by atoms with Crippen molar-refractivity contribution in [3.05, 3.63) is 29.6 Å². The Morgan fingerprint density at radius 3 is 2.10 bits per heavy atom. The molecule has 1 aromatic carbocycles. The van der Waals surface area contributed by atoms with Gasteiger partial charge in [-0.1, -0.05) is 6.07 Å². The third-order valence-electron chi connectivity index (χ3n) is 4.45. The smallest absolute Gasteiger partial charge is 0.399 e. The SMILES string of the molecule is CC(C)(C#N)c1cc(F)cc(B2OC(C)(C)C(C)(C)O2)c1. The summed E-state index contributed by atoms with van der Waals surface area (Å²) < 4.78 is 25.8. The van der Waals surface area contributed by atoms with Crippen molar-refractivity contribution in [1.82, 2.24) is 0 Å². The maximum absolute atomic E-state index is 13.9. The number of nitrogens with zero attached hydrogens (tertiary/aromatic N) is 1. The number of benzene rings is 1. The maximum Gasteiger partial charge on any atom is 0.494 e. The fraction of sp³-hybridized carbons (Fsp3) is 0.562. The largest absolute Gasteiger partial charge is 0.494 e. The zero-order valence-corrected chi connectivity index (χ0v) is 13.5. The van der Waals surface area contributed by atoms with Gasteiger partial charge in [-0.15, -0.1) is 0 Å². The molecule has 1 heterocycles. The summed E-state index contributed by atoms with van der Waals surface area (Å²) in [6, 6.07) is 6.76. The molecule has 0 amide bonds. The van der Waals surface area contributed by atoms with Crippen LogP contribution in [-0.2, 0) is 14.7 Å². The highest BCUT2D eigenvalue weighted by molar-refractivity contribution is 6.62. The van der Waals surface area contributed by atoms with Crippen LogP contribution in [0.5, 0.6) is 0 Å². The van der Waals surface area contributed by atoms with E-state index in [-0.39, 0.29) is 5.82 Å². The standard InChI is InChI=1S/C16H21BFNO2/c1-14(2,10-19)11-7-12(9-13(18)8-11)17-20-15(3,4)16(5,6)21-17/h7-9H,1-6H3. The third-order valence-corrected chi connectivity index (χ3v) is 4.45. The van der Waals surface area contributed by atoms with Gasteiger partial charge in [0.05, 0.1) is 22.7 Å². The molecule has 0 bridgehead atoms. The first kappa shape index (κ1) is 16.0. The molecule has 0 aliphatic carbocycles. The lowest BCUT2D eigenvalue weighted by atomic mass is 9.75. The van der Waals surface area contributed by atoms with Gasteiger partial charge in [-0.2, -0.15) is 5.26 Å². The molecule has 3 nitrogen and oxygen atoms in total.